The third kappa shape index (κ3) is 1.85. The van der Waals surface area contributed by atoms with Crippen LogP contribution >= 0.6 is 0 Å². The van der Waals surface area contributed by atoms with Crippen molar-refractivity contribution in [2.75, 3.05) is 0 Å². The lowest BCUT2D eigenvalue weighted by Gasteiger charge is -2.11. The first-order valence-electron chi connectivity index (χ1n) is 6.04. The van der Waals surface area contributed by atoms with Gasteiger partial charge >= 0.3 is 0 Å². The number of benzene rings is 2. The normalized spacial score (nSPS) is 17.5. The van der Waals surface area contributed by atoms with Gasteiger partial charge in [-0.15, -0.1) is 0 Å². The quantitative estimate of drug-likeness (QED) is 0.749. The topological polar surface area (TPSA) is 26.3 Å². The molecule has 1 unspecified atom stereocenters. The zero-order valence-corrected chi connectivity index (χ0v) is 10.2. The van der Waals surface area contributed by atoms with Crippen LogP contribution in [-0.2, 0) is 11.3 Å². The van der Waals surface area contributed by atoms with Crippen molar-refractivity contribution < 1.29 is 9.53 Å². The molecule has 2 aromatic carbocycles. The predicted octanol–water partition coefficient (Wildman–Crippen LogP) is 3.43. The summed E-state index contributed by atoms with van der Waals surface area (Å²) in [6.07, 6.45) is 0.876. The van der Waals surface area contributed by atoms with E-state index in [0.717, 1.165) is 11.8 Å². The third-order valence-corrected chi connectivity index (χ3v) is 3.37. The van der Waals surface area contributed by atoms with Gasteiger partial charge in [-0.1, -0.05) is 42.0 Å². The van der Waals surface area contributed by atoms with E-state index in [0.29, 0.717) is 12.2 Å². The Balaban J connectivity index is 1.99. The largest absolute Gasteiger partial charge is 0.364 e. The van der Waals surface area contributed by atoms with E-state index in [9.17, 15) is 4.79 Å². The maximum Gasteiger partial charge on any atom is 0.150 e. The fourth-order valence-corrected chi connectivity index (χ4v) is 2.36. The lowest BCUT2D eigenvalue weighted by atomic mass is 9.97. The molecule has 2 nitrogen and oxygen atoms in total. The fourth-order valence-electron chi connectivity index (χ4n) is 2.36. The molecule has 2 aromatic rings. The highest BCUT2D eigenvalue weighted by Gasteiger charge is 2.24. The molecule has 0 bridgehead atoms. The van der Waals surface area contributed by atoms with Crippen LogP contribution in [0.15, 0.2) is 42.5 Å². The van der Waals surface area contributed by atoms with Crippen LogP contribution < -0.4 is 0 Å². The molecule has 90 valence electrons. The van der Waals surface area contributed by atoms with Crippen LogP contribution in [0.2, 0.25) is 0 Å². The molecule has 0 spiro atoms. The smallest absolute Gasteiger partial charge is 0.150 e. The van der Waals surface area contributed by atoms with E-state index in [4.69, 9.17) is 4.74 Å². The molecule has 0 saturated heterocycles. The van der Waals surface area contributed by atoms with Crippen LogP contribution in [-0.4, -0.2) is 6.29 Å². The summed E-state index contributed by atoms with van der Waals surface area (Å²) in [5, 5.41) is 0. The molecule has 18 heavy (non-hydrogen) atoms. The van der Waals surface area contributed by atoms with E-state index in [-0.39, 0.29) is 6.10 Å². The summed E-state index contributed by atoms with van der Waals surface area (Å²) >= 11 is 0. The van der Waals surface area contributed by atoms with Crippen LogP contribution in [0.3, 0.4) is 0 Å². The number of carbonyl (C=O) groups excluding carboxylic acids is 1. The number of aryl methyl sites for hydroxylation is 1. The highest BCUT2D eigenvalue weighted by Crippen LogP contribution is 2.36. The first-order valence-corrected chi connectivity index (χ1v) is 6.04. The molecular formula is C16H14O2. The van der Waals surface area contributed by atoms with E-state index < -0.39 is 0 Å². The number of rotatable bonds is 2. The second-order valence-corrected chi connectivity index (χ2v) is 4.68. The van der Waals surface area contributed by atoms with Crippen molar-refractivity contribution in [3.63, 3.8) is 0 Å². The van der Waals surface area contributed by atoms with E-state index in [1.165, 1.54) is 16.7 Å². The van der Waals surface area contributed by atoms with Gasteiger partial charge in [-0.2, -0.15) is 0 Å². The van der Waals surface area contributed by atoms with E-state index in [2.05, 4.69) is 31.2 Å². The lowest BCUT2D eigenvalue weighted by Crippen LogP contribution is -1.98. The molecule has 1 atom stereocenters. The summed E-state index contributed by atoms with van der Waals surface area (Å²) in [4.78, 5) is 10.8. The SMILES string of the molecule is Cc1ccc(C2OCc3cc(C=O)ccc32)cc1. The number of hydrogen-bond donors (Lipinski definition) is 0. The maximum atomic E-state index is 10.8. The first kappa shape index (κ1) is 11.2. The van der Waals surface area contributed by atoms with Gasteiger partial charge in [0.15, 0.2) is 0 Å². The van der Waals surface area contributed by atoms with Crippen molar-refractivity contribution in [1.29, 1.82) is 0 Å². The van der Waals surface area contributed by atoms with Gasteiger partial charge in [0, 0.05) is 5.56 Å². The third-order valence-electron chi connectivity index (χ3n) is 3.37. The van der Waals surface area contributed by atoms with Gasteiger partial charge in [0.25, 0.3) is 0 Å². The van der Waals surface area contributed by atoms with Crippen LogP contribution in [0.1, 0.15) is 38.7 Å². The molecule has 0 aliphatic carbocycles. The minimum absolute atomic E-state index is 0.00121. The average Bonchev–Trinajstić information content (AvgIpc) is 2.82. The second-order valence-electron chi connectivity index (χ2n) is 4.68. The molecule has 0 saturated carbocycles. The van der Waals surface area contributed by atoms with E-state index >= 15 is 0 Å². The summed E-state index contributed by atoms with van der Waals surface area (Å²) in [6, 6.07) is 14.1. The molecule has 2 heteroatoms. The van der Waals surface area contributed by atoms with Crippen molar-refractivity contribution in [3.05, 3.63) is 70.3 Å². The molecule has 0 radical (unpaired) electrons. The Kier molecular flexibility index (Phi) is 2.73. The number of hydrogen-bond acceptors (Lipinski definition) is 2. The van der Waals surface area contributed by atoms with Gasteiger partial charge in [-0.25, -0.2) is 0 Å². The van der Waals surface area contributed by atoms with Crippen LogP contribution in [0.4, 0.5) is 0 Å². The zero-order valence-electron chi connectivity index (χ0n) is 10.2. The maximum absolute atomic E-state index is 10.8. The van der Waals surface area contributed by atoms with E-state index in [1.807, 2.05) is 18.2 Å². The summed E-state index contributed by atoms with van der Waals surface area (Å²) < 4.78 is 5.83. The van der Waals surface area contributed by atoms with Gasteiger partial charge in [-0.05, 0) is 29.7 Å². The molecule has 1 aliphatic heterocycles. The number of ether oxygens (including phenoxy) is 1. The Morgan fingerprint density at radius 2 is 1.94 bits per heavy atom. The Morgan fingerprint density at radius 1 is 1.17 bits per heavy atom. The van der Waals surface area contributed by atoms with Gasteiger partial charge in [0.1, 0.15) is 12.4 Å². The lowest BCUT2D eigenvalue weighted by molar-refractivity contribution is 0.0939. The molecule has 0 N–H and O–H groups in total. The summed E-state index contributed by atoms with van der Waals surface area (Å²) in [5.74, 6) is 0. The van der Waals surface area contributed by atoms with Crippen molar-refractivity contribution in [1.82, 2.24) is 0 Å². The van der Waals surface area contributed by atoms with Crippen molar-refractivity contribution in [2.24, 2.45) is 0 Å². The highest BCUT2D eigenvalue weighted by molar-refractivity contribution is 5.75. The number of aldehydes is 1. The standard InChI is InChI=1S/C16H14O2/c1-11-2-5-13(6-3-11)16-15-7-4-12(9-17)8-14(15)10-18-16/h2-9,16H,10H2,1H3. The minimum atomic E-state index is 0.00121. The summed E-state index contributed by atoms with van der Waals surface area (Å²) in [7, 11) is 0. The van der Waals surface area contributed by atoms with Crippen molar-refractivity contribution in [2.45, 2.75) is 19.6 Å². The molecule has 1 aliphatic rings. The molecular weight excluding hydrogens is 224 g/mol. The molecule has 3 rings (SSSR count). The monoisotopic (exact) mass is 238 g/mol. The molecule has 0 fully saturated rings. The van der Waals surface area contributed by atoms with Gasteiger partial charge < -0.3 is 4.74 Å². The number of carbonyl (C=O) groups is 1. The van der Waals surface area contributed by atoms with Crippen LogP contribution in [0.25, 0.3) is 0 Å². The Labute approximate surface area is 106 Å². The summed E-state index contributed by atoms with van der Waals surface area (Å²) in [5.41, 5.74) is 5.41. The minimum Gasteiger partial charge on any atom is -0.364 e. The Bertz CT molecular complexity index is 585. The van der Waals surface area contributed by atoms with Gasteiger partial charge in [0.05, 0.1) is 6.61 Å². The van der Waals surface area contributed by atoms with Crippen LogP contribution in [0, 0.1) is 6.92 Å². The fraction of sp³-hybridized carbons (Fsp3) is 0.188. The first-order chi connectivity index (χ1) is 8.78. The van der Waals surface area contributed by atoms with Crippen molar-refractivity contribution in [3.8, 4) is 0 Å². The van der Waals surface area contributed by atoms with Gasteiger partial charge in [-0.3, -0.25) is 4.79 Å². The van der Waals surface area contributed by atoms with Crippen LogP contribution in [0.5, 0.6) is 0 Å². The zero-order chi connectivity index (χ0) is 12.5. The van der Waals surface area contributed by atoms with Crippen molar-refractivity contribution >= 4 is 6.29 Å². The number of fused-ring (bicyclic) bond motifs is 1. The van der Waals surface area contributed by atoms with E-state index in [1.54, 1.807) is 0 Å². The molecule has 0 aromatic heterocycles. The second kappa shape index (κ2) is 4.39. The highest BCUT2D eigenvalue weighted by atomic mass is 16.5. The Hall–Kier alpha value is -1.93. The molecule has 1 heterocycles. The predicted molar refractivity (Wildman–Crippen MR) is 69.6 cm³/mol. The summed E-state index contributed by atoms with van der Waals surface area (Å²) in [6.45, 7) is 2.65. The average molecular weight is 238 g/mol. The Morgan fingerprint density at radius 3 is 2.67 bits per heavy atom. The van der Waals surface area contributed by atoms with Gasteiger partial charge in [0.2, 0.25) is 0 Å². The molecule has 0 amide bonds.